The van der Waals surface area contributed by atoms with Crippen LogP contribution >= 0.6 is 0 Å². The maximum absolute atomic E-state index is 5.73. The third-order valence-corrected chi connectivity index (χ3v) is 3.45. The molecule has 1 unspecified atom stereocenters. The van der Waals surface area contributed by atoms with Crippen molar-refractivity contribution in [2.45, 2.75) is 58.9 Å². The molecule has 114 valence electrons. The van der Waals surface area contributed by atoms with Gasteiger partial charge in [-0.05, 0) is 35.9 Å². The molecular formula is C18H31NO. The molecule has 2 heteroatoms. The van der Waals surface area contributed by atoms with E-state index in [0.717, 1.165) is 32.6 Å². The molecule has 2 nitrogen and oxygen atoms in total. The minimum absolute atomic E-state index is 0.212. The predicted octanol–water partition coefficient (Wildman–Crippen LogP) is 4.45. The molecule has 0 aromatic heterocycles. The van der Waals surface area contributed by atoms with Gasteiger partial charge in [0.05, 0.1) is 12.6 Å². The molecule has 0 heterocycles. The minimum atomic E-state index is 0.212. The van der Waals surface area contributed by atoms with E-state index < -0.39 is 0 Å². The highest BCUT2D eigenvalue weighted by molar-refractivity contribution is 5.29. The second-order valence-corrected chi connectivity index (χ2v) is 6.45. The Morgan fingerprint density at radius 3 is 2.20 bits per heavy atom. The van der Waals surface area contributed by atoms with Crippen LogP contribution in [0.2, 0.25) is 0 Å². The van der Waals surface area contributed by atoms with Gasteiger partial charge in [0, 0.05) is 6.61 Å². The molecule has 0 saturated carbocycles. The van der Waals surface area contributed by atoms with Crippen molar-refractivity contribution in [2.24, 2.45) is 0 Å². The zero-order valence-electron chi connectivity index (χ0n) is 13.8. The summed E-state index contributed by atoms with van der Waals surface area (Å²) >= 11 is 0. The van der Waals surface area contributed by atoms with Crippen molar-refractivity contribution in [3.05, 3.63) is 35.4 Å². The lowest BCUT2D eigenvalue weighted by atomic mass is 9.86. The first kappa shape index (κ1) is 17.2. The average molecular weight is 277 g/mol. The van der Waals surface area contributed by atoms with Gasteiger partial charge in [0.15, 0.2) is 0 Å². The highest BCUT2D eigenvalue weighted by atomic mass is 16.5. The summed E-state index contributed by atoms with van der Waals surface area (Å²) in [6.07, 6.45) is 2.22. The summed E-state index contributed by atoms with van der Waals surface area (Å²) in [6.45, 7) is 13.7. The fourth-order valence-electron chi connectivity index (χ4n) is 2.15. The van der Waals surface area contributed by atoms with Gasteiger partial charge in [-0.25, -0.2) is 0 Å². The van der Waals surface area contributed by atoms with Crippen molar-refractivity contribution in [2.75, 3.05) is 19.8 Å². The van der Waals surface area contributed by atoms with Gasteiger partial charge in [-0.2, -0.15) is 0 Å². The lowest BCUT2D eigenvalue weighted by molar-refractivity contribution is 0.112. The van der Waals surface area contributed by atoms with E-state index in [2.05, 4.69) is 64.2 Å². The van der Waals surface area contributed by atoms with Gasteiger partial charge < -0.3 is 10.1 Å². The van der Waals surface area contributed by atoms with Crippen molar-refractivity contribution in [3.63, 3.8) is 0 Å². The normalized spacial score (nSPS) is 13.4. The number of benzene rings is 1. The van der Waals surface area contributed by atoms with Crippen molar-refractivity contribution < 1.29 is 4.74 Å². The van der Waals surface area contributed by atoms with Crippen molar-refractivity contribution in [1.29, 1.82) is 0 Å². The molecule has 0 saturated heterocycles. The summed E-state index contributed by atoms with van der Waals surface area (Å²) < 4.78 is 5.73. The quantitative estimate of drug-likeness (QED) is 0.709. The molecule has 1 aromatic rings. The van der Waals surface area contributed by atoms with E-state index in [4.69, 9.17) is 4.74 Å². The van der Waals surface area contributed by atoms with E-state index in [1.165, 1.54) is 11.1 Å². The monoisotopic (exact) mass is 277 g/mol. The molecule has 0 bridgehead atoms. The lowest BCUT2D eigenvalue weighted by Gasteiger charge is -2.22. The summed E-state index contributed by atoms with van der Waals surface area (Å²) in [7, 11) is 0. The van der Waals surface area contributed by atoms with Crippen molar-refractivity contribution >= 4 is 0 Å². The molecular weight excluding hydrogens is 246 g/mol. The lowest BCUT2D eigenvalue weighted by Crippen LogP contribution is -2.26. The summed E-state index contributed by atoms with van der Waals surface area (Å²) in [5.41, 5.74) is 2.91. The third-order valence-electron chi connectivity index (χ3n) is 3.45. The molecule has 0 radical (unpaired) electrons. The van der Waals surface area contributed by atoms with E-state index in [9.17, 15) is 0 Å². The van der Waals surface area contributed by atoms with Crippen LogP contribution in [-0.4, -0.2) is 19.8 Å². The molecule has 20 heavy (non-hydrogen) atoms. The number of rotatable bonds is 8. The Kier molecular flexibility index (Phi) is 7.25. The Hall–Kier alpha value is -0.860. The molecule has 0 aliphatic rings. The zero-order chi connectivity index (χ0) is 15.0. The molecule has 0 fully saturated rings. The number of hydrogen-bond donors (Lipinski definition) is 1. The van der Waals surface area contributed by atoms with Gasteiger partial charge in [-0.15, -0.1) is 0 Å². The van der Waals surface area contributed by atoms with Crippen LogP contribution < -0.4 is 5.32 Å². The number of ether oxygens (including phenoxy) is 1. The topological polar surface area (TPSA) is 21.3 Å². The molecule has 0 spiro atoms. The first-order chi connectivity index (χ1) is 9.49. The van der Waals surface area contributed by atoms with Gasteiger partial charge in [-0.1, -0.05) is 58.9 Å². The van der Waals surface area contributed by atoms with E-state index in [0.29, 0.717) is 6.04 Å². The van der Waals surface area contributed by atoms with Crippen LogP contribution in [0.25, 0.3) is 0 Å². The number of nitrogens with one attached hydrogen (secondary N) is 1. The van der Waals surface area contributed by atoms with Crippen LogP contribution in [0.5, 0.6) is 0 Å². The largest absolute Gasteiger partial charge is 0.379 e. The van der Waals surface area contributed by atoms with Crippen LogP contribution in [-0.2, 0) is 10.2 Å². The fraction of sp³-hybridized carbons (Fsp3) is 0.667. The molecule has 0 amide bonds. The summed E-state index contributed by atoms with van der Waals surface area (Å²) in [6, 6.07) is 9.27. The SMILES string of the molecule is CCCNC(COCCC)c1ccc(C(C)(C)C)cc1. The fourth-order valence-corrected chi connectivity index (χ4v) is 2.15. The summed E-state index contributed by atoms with van der Waals surface area (Å²) in [5, 5.41) is 3.58. The predicted molar refractivity (Wildman–Crippen MR) is 87.3 cm³/mol. The highest BCUT2D eigenvalue weighted by Gasteiger charge is 2.15. The van der Waals surface area contributed by atoms with Crippen molar-refractivity contribution in [1.82, 2.24) is 5.32 Å². The van der Waals surface area contributed by atoms with E-state index in [-0.39, 0.29) is 5.41 Å². The maximum atomic E-state index is 5.73. The Balaban J connectivity index is 2.73. The Labute approximate surface area is 124 Å². The first-order valence-electron chi connectivity index (χ1n) is 7.90. The smallest absolute Gasteiger partial charge is 0.0661 e. The molecule has 1 aromatic carbocycles. The van der Waals surface area contributed by atoms with Gasteiger partial charge >= 0.3 is 0 Å². The Morgan fingerprint density at radius 1 is 1.05 bits per heavy atom. The molecule has 0 aliphatic heterocycles. The molecule has 0 aliphatic carbocycles. The van der Waals surface area contributed by atoms with Gasteiger partial charge in [0.2, 0.25) is 0 Å². The van der Waals surface area contributed by atoms with Crippen LogP contribution in [0.3, 0.4) is 0 Å². The van der Waals surface area contributed by atoms with Crippen LogP contribution in [0.1, 0.15) is 64.6 Å². The first-order valence-corrected chi connectivity index (χ1v) is 7.90. The van der Waals surface area contributed by atoms with Crippen LogP contribution in [0.15, 0.2) is 24.3 Å². The maximum Gasteiger partial charge on any atom is 0.0661 e. The van der Waals surface area contributed by atoms with Crippen molar-refractivity contribution in [3.8, 4) is 0 Å². The van der Waals surface area contributed by atoms with E-state index >= 15 is 0 Å². The van der Waals surface area contributed by atoms with Crippen LogP contribution in [0, 0.1) is 0 Å². The van der Waals surface area contributed by atoms with E-state index in [1.807, 2.05) is 0 Å². The Bertz CT molecular complexity index is 364. The number of hydrogen-bond acceptors (Lipinski definition) is 2. The standard InChI is InChI=1S/C18H31NO/c1-6-12-19-17(14-20-13-7-2)15-8-10-16(11-9-15)18(3,4)5/h8-11,17,19H,6-7,12-14H2,1-5H3. The minimum Gasteiger partial charge on any atom is -0.379 e. The molecule has 1 N–H and O–H groups in total. The average Bonchev–Trinajstić information content (AvgIpc) is 2.42. The third kappa shape index (κ3) is 5.64. The summed E-state index contributed by atoms with van der Waals surface area (Å²) in [4.78, 5) is 0. The van der Waals surface area contributed by atoms with Crippen LogP contribution in [0.4, 0.5) is 0 Å². The van der Waals surface area contributed by atoms with Gasteiger partial charge in [0.25, 0.3) is 0 Å². The highest BCUT2D eigenvalue weighted by Crippen LogP contribution is 2.24. The Morgan fingerprint density at radius 2 is 1.70 bits per heavy atom. The summed E-state index contributed by atoms with van der Waals surface area (Å²) in [5.74, 6) is 0. The van der Waals surface area contributed by atoms with E-state index in [1.54, 1.807) is 0 Å². The second kappa shape index (κ2) is 8.43. The van der Waals surface area contributed by atoms with Gasteiger partial charge in [-0.3, -0.25) is 0 Å². The zero-order valence-corrected chi connectivity index (χ0v) is 13.8. The second-order valence-electron chi connectivity index (χ2n) is 6.45. The molecule has 1 atom stereocenters. The van der Waals surface area contributed by atoms with Gasteiger partial charge in [0.1, 0.15) is 0 Å². The molecule has 1 rings (SSSR count).